The van der Waals surface area contributed by atoms with Gasteiger partial charge in [-0.15, -0.1) is 0 Å². The van der Waals surface area contributed by atoms with Gasteiger partial charge in [0.15, 0.2) is 11.6 Å². The predicted molar refractivity (Wildman–Crippen MR) is 301 cm³/mol. The molecule has 478 valence electrons. The van der Waals surface area contributed by atoms with Crippen LogP contribution in [0.25, 0.3) is 17.2 Å². The molecule has 1 fully saturated rings. The number of nitrogens with one attached hydrogen (secondary N) is 2. The maximum atomic E-state index is 13.9. The van der Waals surface area contributed by atoms with Crippen LogP contribution in [0.3, 0.4) is 0 Å². The van der Waals surface area contributed by atoms with Crippen molar-refractivity contribution in [2.24, 2.45) is 10.7 Å². The molecule has 0 radical (unpaired) electrons. The van der Waals surface area contributed by atoms with Gasteiger partial charge in [0.2, 0.25) is 23.3 Å². The van der Waals surface area contributed by atoms with Gasteiger partial charge in [0.05, 0.1) is 157 Å². The van der Waals surface area contributed by atoms with Crippen LogP contribution in [0.2, 0.25) is 0 Å². The fourth-order valence-corrected chi connectivity index (χ4v) is 7.81. The largest absolute Gasteiger partial charge is 0.446 e. The summed E-state index contributed by atoms with van der Waals surface area (Å²) in [5, 5.41) is 6.75. The number of carbonyl (C=O) groups is 4. The van der Waals surface area contributed by atoms with Gasteiger partial charge in [-0.3, -0.25) is 19.2 Å². The minimum Gasteiger partial charge on any atom is -0.446 e. The van der Waals surface area contributed by atoms with Gasteiger partial charge < -0.3 is 77.8 Å². The molecule has 2 heterocycles. The standard InChI is InChI=1S/C56H77F4N7O18S/c1-2-11-67(83-14-10-62-56(71)84-43-4-3-5-43)55(70)41-33-40-7-6-39(34-44(40)66-45(61)35-41)42-36-63-46(64-37-42)38-65-47(68)8-12-73-15-17-75-19-21-77-23-25-79-27-29-81-31-32-82-30-28-80-26-24-78-22-20-76-18-16-74-13-9-48(69)85-53-49(57)51(59)54(86-72)52(60)50(53)58/h6-7,33-34,36-37,43,72H,2-5,8-32,35,38H2,1H3,(H2,61,66)(H,62,71)(H,65,68). The second-order valence-electron chi connectivity index (χ2n) is 18.6. The minimum absolute atomic E-state index is 0.0288. The van der Waals surface area contributed by atoms with Gasteiger partial charge >= 0.3 is 12.1 Å². The Labute approximate surface area is 500 Å². The molecule has 86 heavy (non-hydrogen) atoms. The van der Waals surface area contributed by atoms with Crippen LogP contribution in [-0.2, 0) is 77.9 Å². The van der Waals surface area contributed by atoms with E-state index < -0.39 is 64.4 Å². The molecular formula is C56H77F4N7O18S. The molecule has 2 aliphatic rings. The third-order valence-corrected chi connectivity index (χ3v) is 12.7. The number of nitrogens with zero attached hydrogens (tertiary/aromatic N) is 4. The SMILES string of the molecule is CCCN(OCCNC(=O)OC1CCC1)C(=O)C1=Cc2ccc(-c3cnc(CNC(=O)CCOCCOCCOCCOCCOCCOCCOCCOCCOCCOCCC(=O)Oc4c(F)c(F)c(SO)c(F)c4F)nc3)cc2N=C(N)C1. The van der Waals surface area contributed by atoms with Crippen molar-refractivity contribution in [3.05, 3.63) is 70.8 Å². The molecule has 1 aromatic heterocycles. The highest BCUT2D eigenvalue weighted by atomic mass is 32.2. The second kappa shape index (κ2) is 42.0. The lowest BCUT2D eigenvalue weighted by Gasteiger charge is -2.25. The zero-order chi connectivity index (χ0) is 61.6. The van der Waals surface area contributed by atoms with Crippen LogP contribution in [0.4, 0.5) is 28.0 Å². The molecule has 0 atom stereocenters. The third-order valence-electron chi connectivity index (χ3n) is 12.1. The molecule has 3 amide bonds. The highest BCUT2D eigenvalue weighted by molar-refractivity contribution is 7.93. The monoisotopic (exact) mass is 1240 g/mol. The maximum Gasteiger partial charge on any atom is 0.407 e. The molecule has 0 saturated heterocycles. The highest BCUT2D eigenvalue weighted by Gasteiger charge is 2.29. The molecule has 25 nitrogen and oxygen atoms in total. The van der Waals surface area contributed by atoms with Crippen LogP contribution in [0.1, 0.15) is 63.3 Å². The molecule has 5 N–H and O–H groups in total. The number of benzene rings is 2. The topological polar surface area (TPSA) is 300 Å². The highest BCUT2D eigenvalue weighted by Crippen LogP contribution is 2.35. The summed E-state index contributed by atoms with van der Waals surface area (Å²) < 4.78 is 128. The number of carbonyl (C=O) groups excluding carboxylic acids is 4. The minimum atomic E-state index is -1.95. The molecule has 30 heteroatoms. The number of aliphatic imine (C=N–C) groups is 1. The van der Waals surface area contributed by atoms with E-state index in [-0.39, 0.29) is 89.3 Å². The van der Waals surface area contributed by atoms with Crippen molar-refractivity contribution in [1.82, 2.24) is 25.7 Å². The van der Waals surface area contributed by atoms with E-state index in [0.717, 1.165) is 30.4 Å². The van der Waals surface area contributed by atoms with Crippen molar-refractivity contribution in [3.63, 3.8) is 0 Å². The normalized spacial score (nSPS) is 13.1. The van der Waals surface area contributed by atoms with E-state index in [1.165, 1.54) is 5.06 Å². The molecule has 0 unspecified atom stereocenters. The van der Waals surface area contributed by atoms with E-state index in [1.54, 1.807) is 18.5 Å². The Kier molecular flexibility index (Phi) is 34.5. The Morgan fingerprint density at radius 1 is 0.663 bits per heavy atom. The van der Waals surface area contributed by atoms with E-state index in [2.05, 4.69) is 30.3 Å². The van der Waals surface area contributed by atoms with Gasteiger partial charge in [0.25, 0.3) is 5.91 Å². The summed E-state index contributed by atoms with van der Waals surface area (Å²) in [6.45, 7) is 8.77. The van der Waals surface area contributed by atoms with E-state index in [9.17, 15) is 36.7 Å². The van der Waals surface area contributed by atoms with Gasteiger partial charge in [-0.05, 0) is 43.4 Å². The molecule has 5 rings (SSSR count). The van der Waals surface area contributed by atoms with Gasteiger partial charge in [0, 0.05) is 67.1 Å². The summed E-state index contributed by atoms with van der Waals surface area (Å²) in [4.78, 5) is 67.8. The Balaban J connectivity index is 0.755. The number of hydrogen-bond acceptors (Lipinski definition) is 23. The first kappa shape index (κ1) is 70.8. The lowest BCUT2D eigenvalue weighted by Crippen LogP contribution is -2.38. The van der Waals surface area contributed by atoms with Gasteiger partial charge in [-0.2, -0.15) is 8.78 Å². The van der Waals surface area contributed by atoms with Crippen molar-refractivity contribution in [2.45, 2.75) is 69.4 Å². The molecule has 0 bridgehead atoms. The first-order valence-corrected chi connectivity index (χ1v) is 29.0. The van der Waals surface area contributed by atoms with Crippen molar-refractivity contribution in [1.29, 1.82) is 0 Å². The molecule has 1 aliphatic carbocycles. The van der Waals surface area contributed by atoms with E-state index in [1.807, 2.05) is 25.1 Å². The number of fused-ring (bicyclic) bond motifs is 1. The molecule has 0 spiro atoms. The lowest BCUT2D eigenvalue weighted by atomic mass is 9.96. The number of halogens is 4. The molecular weight excluding hydrogens is 1170 g/mol. The number of aromatic nitrogens is 2. The van der Waals surface area contributed by atoms with Crippen molar-refractivity contribution in [3.8, 4) is 16.9 Å². The molecule has 1 aliphatic heterocycles. The molecule has 3 aromatic rings. The lowest BCUT2D eigenvalue weighted by molar-refractivity contribution is -0.181. The van der Waals surface area contributed by atoms with E-state index in [4.69, 9.17) is 67.2 Å². The van der Waals surface area contributed by atoms with Gasteiger partial charge in [-0.25, -0.2) is 33.6 Å². The van der Waals surface area contributed by atoms with Crippen LogP contribution in [-0.4, -0.2) is 207 Å². The summed E-state index contributed by atoms with van der Waals surface area (Å²) in [5.74, 6) is -10.3. The third kappa shape index (κ3) is 26.9. The van der Waals surface area contributed by atoms with E-state index in [0.29, 0.717) is 135 Å². The summed E-state index contributed by atoms with van der Waals surface area (Å²) in [7, 11) is 0. The summed E-state index contributed by atoms with van der Waals surface area (Å²) in [6.07, 6.45) is 7.82. The molecule has 1 saturated carbocycles. The van der Waals surface area contributed by atoms with E-state index >= 15 is 0 Å². The number of nitrogens with two attached hydrogens (primary N) is 1. The van der Waals surface area contributed by atoms with Crippen molar-refractivity contribution in [2.75, 3.05) is 152 Å². The average molecular weight is 1240 g/mol. The number of esters is 1. The number of amides is 3. The fourth-order valence-electron chi connectivity index (χ4n) is 7.48. The fraction of sp³-hybridized carbons (Fsp3) is 0.589. The Morgan fingerprint density at radius 2 is 1.16 bits per heavy atom. The maximum absolute atomic E-state index is 13.9. The number of alkyl carbamates (subject to hydrolysis) is 1. The average Bonchev–Trinajstić information content (AvgIpc) is 1.91. The molecule has 2 aromatic carbocycles. The summed E-state index contributed by atoms with van der Waals surface area (Å²) >= 11 is -0.523. The number of ether oxygens (including phenoxy) is 12. The van der Waals surface area contributed by atoms with Crippen LogP contribution in [0.5, 0.6) is 5.75 Å². The zero-order valence-electron chi connectivity index (χ0n) is 48.1. The number of rotatable bonds is 46. The summed E-state index contributed by atoms with van der Waals surface area (Å²) in [5.41, 5.74) is 9.50. The van der Waals surface area contributed by atoms with Crippen molar-refractivity contribution >= 4 is 53.5 Å². The van der Waals surface area contributed by atoms with Crippen molar-refractivity contribution < 1.29 is 103 Å². The first-order valence-electron chi connectivity index (χ1n) is 28.2. The van der Waals surface area contributed by atoms with Crippen LogP contribution >= 0.6 is 12.0 Å². The van der Waals surface area contributed by atoms with Crippen LogP contribution in [0, 0.1) is 23.3 Å². The summed E-state index contributed by atoms with van der Waals surface area (Å²) in [6, 6.07) is 5.57. The van der Waals surface area contributed by atoms with Gasteiger partial charge in [0.1, 0.15) is 22.7 Å². The zero-order valence-corrected chi connectivity index (χ0v) is 49.0. The first-order chi connectivity index (χ1) is 41.9. The Morgan fingerprint density at radius 3 is 1.64 bits per heavy atom. The Hall–Kier alpha value is -6.00. The quantitative estimate of drug-likeness (QED) is 0.0101. The van der Waals surface area contributed by atoms with Gasteiger partial charge in [-0.1, -0.05) is 19.1 Å². The smallest absolute Gasteiger partial charge is 0.407 e. The predicted octanol–water partition coefficient (Wildman–Crippen LogP) is 5.66. The Bertz CT molecular complexity index is 2570. The number of amidine groups is 1. The van der Waals surface area contributed by atoms with Crippen LogP contribution in [0.15, 0.2) is 46.1 Å². The van der Waals surface area contributed by atoms with Crippen LogP contribution < -0.4 is 21.1 Å². The number of hydrogen-bond donors (Lipinski definition) is 4. The number of hydroxylamine groups is 2. The second-order valence-corrected chi connectivity index (χ2v) is 19.2.